The van der Waals surface area contributed by atoms with Gasteiger partial charge in [0.05, 0.1) is 30.5 Å². The van der Waals surface area contributed by atoms with Gasteiger partial charge in [-0.1, -0.05) is 18.2 Å². The lowest BCUT2D eigenvalue weighted by atomic mass is 10.1. The fraction of sp³-hybridized carbons (Fsp3) is 0.174. The van der Waals surface area contributed by atoms with Gasteiger partial charge in [0.15, 0.2) is 0 Å². The Labute approximate surface area is 187 Å². The van der Waals surface area contributed by atoms with Gasteiger partial charge in [0.2, 0.25) is 0 Å². The highest BCUT2D eigenvalue weighted by Gasteiger charge is 2.30. The molecule has 1 aromatic heterocycles. The molecule has 0 unspecified atom stereocenters. The Bertz CT molecular complexity index is 1160. The summed E-state index contributed by atoms with van der Waals surface area (Å²) in [7, 11) is 0. The summed E-state index contributed by atoms with van der Waals surface area (Å²) in [6.45, 7) is 1.72. The number of nitrogens with one attached hydrogen (secondary N) is 2. The number of carbonyl (C=O) groups is 2. The summed E-state index contributed by atoms with van der Waals surface area (Å²) in [6, 6.07) is 14.6. The summed E-state index contributed by atoms with van der Waals surface area (Å²) in [6.07, 6.45) is -3.19. The Kier molecular flexibility index (Phi) is 7.50. The van der Waals surface area contributed by atoms with Crippen LogP contribution in [0.4, 0.5) is 18.9 Å². The van der Waals surface area contributed by atoms with Crippen molar-refractivity contribution in [1.82, 2.24) is 5.43 Å². The van der Waals surface area contributed by atoms with E-state index < -0.39 is 23.6 Å². The normalized spacial score (nSPS) is 11.4. The Morgan fingerprint density at radius 1 is 1.09 bits per heavy atom. The van der Waals surface area contributed by atoms with Crippen molar-refractivity contribution in [3.05, 3.63) is 77.6 Å². The highest BCUT2D eigenvalue weighted by molar-refractivity contribution is 5.91. The highest BCUT2D eigenvalue weighted by atomic mass is 19.4. The largest absolute Gasteiger partial charge is 0.462 e. The minimum atomic E-state index is -4.47. The third-order valence-corrected chi connectivity index (χ3v) is 4.31. The van der Waals surface area contributed by atoms with Crippen LogP contribution in [0.3, 0.4) is 0 Å². The molecule has 0 aliphatic heterocycles. The second-order valence-corrected chi connectivity index (χ2v) is 6.73. The third-order valence-electron chi connectivity index (χ3n) is 4.31. The van der Waals surface area contributed by atoms with Gasteiger partial charge in [0.1, 0.15) is 11.5 Å². The van der Waals surface area contributed by atoms with Crippen molar-refractivity contribution in [2.24, 2.45) is 5.10 Å². The van der Waals surface area contributed by atoms with Crippen molar-refractivity contribution in [2.45, 2.75) is 13.1 Å². The molecule has 172 valence electrons. The maximum atomic E-state index is 12.7. The van der Waals surface area contributed by atoms with Crippen LogP contribution in [-0.2, 0) is 15.7 Å². The van der Waals surface area contributed by atoms with E-state index in [1.807, 2.05) is 0 Å². The first-order valence-corrected chi connectivity index (χ1v) is 9.86. The average molecular weight is 459 g/mol. The minimum absolute atomic E-state index is 0.157. The molecule has 1 heterocycles. The van der Waals surface area contributed by atoms with Crippen LogP contribution in [0.1, 0.15) is 28.6 Å². The number of hydrazone groups is 1. The SMILES string of the molecule is CCOC(=O)c1cccc(-c2ccc(/C=N\NC(=O)CNc3cccc(C(F)(F)F)c3)o2)c1. The van der Waals surface area contributed by atoms with E-state index in [1.165, 1.54) is 18.3 Å². The molecule has 3 aromatic rings. The maximum Gasteiger partial charge on any atom is 0.416 e. The van der Waals surface area contributed by atoms with E-state index in [0.717, 1.165) is 12.1 Å². The zero-order valence-corrected chi connectivity index (χ0v) is 17.5. The molecule has 2 aromatic carbocycles. The molecule has 0 bridgehead atoms. The lowest BCUT2D eigenvalue weighted by molar-refractivity contribution is -0.137. The van der Waals surface area contributed by atoms with Crippen LogP contribution < -0.4 is 10.7 Å². The summed E-state index contributed by atoms with van der Waals surface area (Å²) in [5.74, 6) is -0.162. The standard InChI is InChI=1S/C23H20F3N3O4/c1-2-32-22(31)16-6-3-5-15(11-16)20-10-9-19(33-20)13-28-29-21(30)14-27-18-8-4-7-17(12-18)23(24,25)26/h3-13,27H,2,14H2,1H3,(H,29,30)/b28-13-. The molecule has 0 saturated carbocycles. The molecule has 0 fully saturated rings. The summed E-state index contributed by atoms with van der Waals surface area (Å²) < 4.78 is 48.8. The fourth-order valence-electron chi connectivity index (χ4n) is 2.79. The summed E-state index contributed by atoms with van der Waals surface area (Å²) >= 11 is 0. The molecule has 3 rings (SSSR count). The van der Waals surface area contributed by atoms with E-state index in [9.17, 15) is 22.8 Å². The predicted octanol–water partition coefficient (Wildman–Crippen LogP) is 4.70. The van der Waals surface area contributed by atoms with Crippen molar-refractivity contribution in [2.75, 3.05) is 18.5 Å². The molecular formula is C23H20F3N3O4. The lowest BCUT2D eigenvalue weighted by Gasteiger charge is -2.09. The van der Waals surface area contributed by atoms with E-state index in [0.29, 0.717) is 22.6 Å². The topological polar surface area (TPSA) is 92.9 Å². The van der Waals surface area contributed by atoms with E-state index in [4.69, 9.17) is 9.15 Å². The molecular weight excluding hydrogens is 439 g/mol. The number of amides is 1. The highest BCUT2D eigenvalue weighted by Crippen LogP contribution is 2.30. The van der Waals surface area contributed by atoms with Crippen LogP contribution in [0.25, 0.3) is 11.3 Å². The monoisotopic (exact) mass is 459 g/mol. The van der Waals surface area contributed by atoms with Crippen molar-refractivity contribution < 1.29 is 31.9 Å². The first-order valence-electron chi connectivity index (χ1n) is 9.86. The number of alkyl halides is 3. The van der Waals surface area contributed by atoms with E-state index in [-0.39, 0.29) is 18.8 Å². The van der Waals surface area contributed by atoms with Gasteiger partial charge in [-0.2, -0.15) is 18.3 Å². The lowest BCUT2D eigenvalue weighted by Crippen LogP contribution is -2.26. The fourth-order valence-corrected chi connectivity index (χ4v) is 2.79. The van der Waals surface area contributed by atoms with Gasteiger partial charge < -0.3 is 14.5 Å². The van der Waals surface area contributed by atoms with Crippen molar-refractivity contribution in [1.29, 1.82) is 0 Å². The molecule has 1 amide bonds. The van der Waals surface area contributed by atoms with E-state index in [2.05, 4.69) is 15.8 Å². The molecule has 0 radical (unpaired) electrons. The Balaban J connectivity index is 1.54. The number of rotatable bonds is 8. The zero-order chi connectivity index (χ0) is 23.8. The van der Waals surface area contributed by atoms with Gasteiger partial charge >= 0.3 is 12.1 Å². The Hall–Kier alpha value is -4.08. The van der Waals surface area contributed by atoms with Gasteiger partial charge in [0.25, 0.3) is 5.91 Å². The minimum Gasteiger partial charge on any atom is -0.462 e. The Morgan fingerprint density at radius 3 is 2.64 bits per heavy atom. The maximum absolute atomic E-state index is 12.7. The van der Waals surface area contributed by atoms with Crippen LogP contribution in [0.2, 0.25) is 0 Å². The number of hydrogen-bond donors (Lipinski definition) is 2. The summed E-state index contributed by atoms with van der Waals surface area (Å²) in [4.78, 5) is 23.8. The number of halogens is 3. The van der Waals surface area contributed by atoms with Crippen LogP contribution in [0.15, 0.2) is 70.2 Å². The number of hydrogen-bond acceptors (Lipinski definition) is 6. The molecule has 33 heavy (non-hydrogen) atoms. The first-order chi connectivity index (χ1) is 15.8. The third kappa shape index (κ3) is 6.70. The number of furan rings is 1. The predicted molar refractivity (Wildman–Crippen MR) is 116 cm³/mol. The number of benzene rings is 2. The quantitative estimate of drug-likeness (QED) is 0.289. The van der Waals surface area contributed by atoms with Gasteiger partial charge in [-0.3, -0.25) is 4.79 Å². The van der Waals surface area contributed by atoms with Crippen molar-refractivity contribution >= 4 is 23.8 Å². The van der Waals surface area contributed by atoms with E-state index >= 15 is 0 Å². The van der Waals surface area contributed by atoms with Gasteiger partial charge in [-0.25, -0.2) is 10.2 Å². The summed E-state index contributed by atoms with van der Waals surface area (Å²) in [5, 5.41) is 6.38. The average Bonchev–Trinajstić information content (AvgIpc) is 3.26. The van der Waals surface area contributed by atoms with Crippen LogP contribution in [-0.4, -0.2) is 31.2 Å². The van der Waals surface area contributed by atoms with Gasteiger partial charge in [-0.05, 0) is 49.4 Å². The zero-order valence-electron chi connectivity index (χ0n) is 17.5. The molecule has 0 aliphatic rings. The molecule has 0 saturated heterocycles. The Morgan fingerprint density at radius 2 is 1.88 bits per heavy atom. The van der Waals surface area contributed by atoms with Gasteiger partial charge in [0, 0.05) is 11.3 Å². The molecule has 0 atom stereocenters. The molecule has 10 heteroatoms. The smallest absolute Gasteiger partial charge is 0.416 e. The molecule has 7 nitrogen and oxygen atoms in total. The number of anilines is 1. The van der Waals surface area contributed by atoms with E-state index in [1.54, 1.807) is 43.3 Å². The van der Waals surface area contributed by atoms with Crippen LogP contribution >= 0.6 is 0 Å². The number of ether oxygens (including phenoxy) is 1. The number of carbonyl (C=O) groups excluding carboxylic acids is 2. The van der Waals surface area contributed by atoms with Crippen LogP contribution in [0.5, 0.6) is 0 Å². The molecule has 0 spiro atoms. The second-order valence-electron chi connectivity index (χ2n) is 6.73. The number of nitrogens with zero attached hydrogens (tertiary/aromatic N) is 1. The van der Waals surface area contributed by atoms with Gasteiger partial charge in [-0.15, -0.1) is 0 Å². The van der Waals surface area contributed by atoms with Crippen molar-refractivity contribution in [3.8, 4) is 11.3 Å². The molecule has 2 N–H and O–H groups in total. The number of esters is 1. The van der Waals surface area contributed by atoms with Crippen molar-refractivity contribution in [3.63, 3.8) is 0 Å². The first kappa shape index (κ1) is 23.6. The molecule has 0 aliphatic carbocycles. The summed E-state index contributed by atoms with van der Waals surface area (Å²) in [5.41, 5.74) is 2.65. The second kappa shape index (κ2) is 10.5. The van der Waals surface area contributed by atoms with Crippen LogP contribution in [0, 0.1) is 0 Å².